The van der Waals surface area contributed by atoms with Crippen molar-refractivity contribution in [2.75, 3.05) is 5.73 Å². The number of anilines is 1. The van der Waals surface area contributed by atoms with Crippen LogP contribution < -0.4 is 11.2 Å². The van der Waals surface area contributed by atoms with Gasteiger partial charge in [-0.3, -0.25) is 4.79 Å². The fraction of sp³-hybridized carbons (Fsp3) is 0.200. The van der Waals surface area contributed by atoms with Gasteiger partial charge in [-0.15, -0.1) is 5.10 Å². The van der Waals surface area contributed by atoms with Gasteiger partial charge >= 0.3 is 0 Å². The average molecular weight is 404 g/mol. The minimum Gasteiger partial charge on any atom is -0.378 e. The summed E-state index contributed by atoms with van der Waals surface area (Å²) in [5.41, 5.74) is 10.5. The molecule has 0 unspecified atom stereocenters. The Morgan fingerprint density at radius 3 is 2.63 bits per heavy atom. The van der Waals surface area contributed by atoms with Crippen LogP contribution in [0.15, 0.2) is 52.2 Å². The van der Waals surface area contributed by atoms with E-state index in [1.165, 1.54) is 4.68 Å². The Kier molecular flexibility index (Phi) is 4.97. The predicted octanol–water partition coefficient (Wildman–Crippen LogP) is 2.66. The fourth-order valence-corrected chi connectivity index (χ4v) is 3.13. The zero-order valence-corrected chi connectivity index (χ0v) is 16.7. The summed E-state index contributed by atoms with van der Waals surface area (Å²) in [7, 11) is 0. The van der Waals surface area contributed by atoms with E-state index < -0.39 is 5.91 Å². The Hall–Kier alpha value is -4.08. The van der Waals surface area contributed by atoms with E-state index in [1.807, 2.05) is 63.2 Å². The first-order valence-corrected chi connectivity index (χ1v) is 9.33. The van der Waals surface area contributed by atoms with Crippen molar-refractivity contribution in [3.63, 3.8) is 0 Å². The molecular formula is C20H20N8O2. The molecule has 4 rings (SSSR count). The average Bonchev–Trinajstić information content (AvgIpc) is 3.37. The van der Waals surface area contributed by atoms with Crippen molar-refractivity contribution in [3.8, 4) is 5.82 Å². The van der Waals surface area contributed by atoms with Gasteiger partial charge < -0.3 is 5.73 Å². The van der Waals surface area contributed by atoms with Gasteiger partial charge in [0.2, 0.25) is 11.6 Å². The Morgan fingerprint density at radius 2 is 1.93 bits per heavy atom. The van der Waals surface area contributed by atoms with Crippen molar-refractivity contribution in [1.82, 2.24) is 30.7 Å². The molecule has 0 bridgehead atoms. The number of hydrogen-bond donors (Lipinski definition) is 2. The number of nitrogen functional groups attached to an aromatic ring is 1. The molecule has 0 spiro atoms. The van der Waals surface area contributed by atoms with Crippen LogP contribution in [0.25, 0.3) is 16.6 Å². The third-order valence-electron chi connectivity index (χ3n) is 4.66. The number of amides is 1. The Labute approximate surface area is 171 Å². The molecule has 0 atom stereocenters. The SMILES string of the molecule is C/C(=N/NC(=O)c1nnn(-c2nonc2N)c1C(C)C)c1ccc2ccccc2c1. The van der Waals surface area contributed by atoms with Crippen LogP contribution in [0.1, 0.15) is 48.4 Å². The van der Waals surface area contributed by atoms with Gasteiger partial charge in [-0.2, -0.15) is 9.78 Å². The highest BCUT2D eigenvalue weighted by atomic mass is 16.6. The topological polar surface area (TPSA) is 137 Å². The van der Waals surface area contributed by atoms with Crippen molar-refractivity contribution in [2.24, 2.45) is 5.10 Å². The Bertz CT molecular complexity index is 1250. The molecule has 10 heteroatoms. The van der Waals surface area contributed by atoms with Crippen LogP contribution in [0.4, 0.5) is 5.82 Å². The minimum atomic E-state index is -0.486. The molecule has 0 radical (unpaired) electrons. The molecule has 4 aromatic rings. The lowest BCUT2D eigenvalue weighted by molar-refractivity contribution is 0.0948. The normalized spacial score (nSPS) is 11.9. The highest BCUT2D eigenvalue weighted by Gasteiger charge is 2.25. The van der Waals surface area contributed by atoms with Gasteiger partial charge in [0.15, 0.2) is 5.69 Å². The van der Waals surface area contributed by atoms with E-state index in [-0.39, 0.29) is 23.2 Å². The first-order valence-electron chi connectivity index (χ1n) is 9.33. The Balaban J connectivity index is 1.60. The zero-order chi connectivity index (χ0) is 21.3. The first-order chi connectivity index (χ1) is 14.5. The van der Waals surface area contributed by atoms with Gasteiger partial charge in [0.25, 0.3) is 5.91 Å². The molecule has 2 aromatic carbocycles. The predicted molar refractivity (Wildman–Crippen MR) is 111 cm³/mol. The van der Waals surface area contributed by atoms with Gasteiger partial charge in [0.05, 0.1) is 11.4 Å². The highest BCUT2D eigenvalue weighted by molar-refractivity contribution is 6.03. The molecule has 0 fully saturated rings. The third-order valence-corrected chi connectivity index (χ3v) is 4.66. The van der Waals surface area contributed by atoms with Crippen LogP contribution in [0.3, 0.4) is 0 Å². The number of nitrogens with zero attached hydrogens (tertiary/aromatic N) is 6. The minimum absolute atomic E-state index is 0.0546. The molecule has 2 aromatic heterocycles. The largest absolute Gasteiger partial charge is 0.378 e. The van der Waals surface area contributed by atoms with E-state index in [0.29, 0.717) is 11.4 Å². The lowest BCUT2D eigenvalue weighted by Gasteiger charge is -2.08. The fourth-order valence-electron chi connectivity index (χ4n) is 3.13. The van der Waals surface area contributed by atoms with E-state index in [2.05, 4.69) is 35.8 Å². The van der Waals surface area contributed by atoms with Crippen LogP contribution in [0.2, 0.25) is 0 Å². The van der Waals surface area contributed by atoms with Crippen molar-refractivity contribution < 1.29 is 9.42 Å². The molecule has 10 nitrogen and oxygen atoms in total. The molecule has 2 heterocycles. The van der Waals surface area contributed by atoms with Crippen LogP contribution in [-0.2, 0) is 0 Å². The molecule has 152 valence electrons. The molecule has 30 heavy (non-hydrogen) atoms. The molecular weight excluding hydrogens is 384 g/mol. The van der Waals surface area contributed by atoms with Crippen molar-refractivity contribution in [2.45, 2.75) is 26.7 Å². The second kappa shape index (κ2) is 7.74. The number of rotatable bonds is 5. The summed E-state index contributed by atoms with van der Waals surface area (Å²) >= 11 is 0. The quantitative estimate of drug-likeness (QED) is 0.385. The maximum Gasteiger partial charge on any atom is 0.293 e. The van der Waals surface area contributed by atoms with E-state index in [0.717, 1.165) is 16.3 Å². The number of hydrazone groups is 1. The van der Waals surface area contributed by atoms with Gasteiger partial charge in [0, 0.05) is 0 Å². The number of nitrogens with two attached hydrogens (primary N) is 1. The van der Waals surface area contributed by atoms with E-state index >= 15 is 0 Å². The second-order valence-electron chi connectivity index (χ2n) is 7.06. The van der Waals surface area contributed by atoms with E-state index in [9.17, 15) is 4.79 Å². The number of nitrogens with one attached hydrogen (secondary N) is 1. The number of carbonyl (C=O) groups excluding carboxylic acids is 1. The number of aromatic nitrogens is 5. The summed E-state index contributed by atoms with van der Waals surface area (Å²) in [6.45, 7) is 5.63. The van der Waals surface area contributed by atoms with Crippen LogP contribution in [-0.4, -0.2) is 36.9 Å². The molecule has 1 amide bonds. The van der Waals surface area contributed by atoms with Crippen molar-refractivity contribution >= 4 is 28.2 Å². The Morgan fingerprint density at radius 1 is 1.17 bits per heavy atom. The van der Waals surface area contributed by atoms with Gasteiger partial charge in [-0.1, -0.05) is 55.5 Å². The summed E-state index contributed by atoms with van der Waals surface area (Å²) < 4.78 is 5.98. The van der Waals surface area contributed by atoms with Gasteiger partial charge in [-0.05, 0) is 45.6 Å². The van der Waals surface area contributed by atoms with Crippen molar-refractivity contribution in [1.29, 1.82) is 0 Å². The molecule has 0 aliphatic rings. The third kappa shape index (κ3) is 3.50. The summed E-state index contributed by atoms with van der Waals surface area (Å²) in [5.74, 6) is -0.345. The number of benzene rings is 2. The highest BCUT2D eigenvalue weighted by Crippen LogP contribution is 2.22. The van der Waals surface area contributed by atoms with Crippen LogP contribution in [0, 0.1) is 0 Å². The van der Waals surface area contributed by atoms with E-state index in [4.69, 9.17) is 5.73 Å². The van der Waals surface area contributed by atoms with Crippen molar-refractivity contribution in [3.05, 3.63) is 59.4 Å². The maximum absolute atomic E-state index is 12.8. The molecule has 0 aliphatic carbocycles. The number of hydrogen-bond acceptors (Lipinski definition) is 8. The maximum atomic E-state index is 12.8. The van der Waals surface area contributed by atoms with Crippen LogP contribution in [0.5, 0.6) is 0 Å². The number of carbonyl (C=O) groups is 1. The summed E-state index contributed by atoms with van der Waals surface area (Å²) in [5, 5.41) is 21.7. The van der Waals surface area contributed by atoms with Crippen LogP contribution >= 0.6 is 0 Å². The van der Waals surface area contributed by atoms with Gasteiger partial charge in [-0.25, -0.2) is 10.1 Å². The van der Waals surface area contributed by atoms with E-state index in [1.54, 1.807) is 0 Å². The standard InChI is InChI=1S/C20H20N8O2/c1-11(2)17-16(23-27-28(17)19-18(21)25-30-26-19)20(29)24-22-12(3)14-9-8-13-6-4-5-7-15(13)10-14/h4-11H,1-3H3,(H2,21,25)(H,24,29)/b22-12-. The summed E-state index contributed by atoms with van der Waals surface area (Å²) in [6.07, 6.45) is 0. The lowest BCUT2D eigenvalue weighted by atomic mass is 10.0. The monoisotopic (exact) mass is 404 g/mol. The molecule has 0 saturated heterocycles. The molecule has 3 N–H and O–H groups in total. The van der Waals surface area contributed by atoms with Gasteiger partial charge in [0.1, 0.15) is 0 Å². The first kappa shape index (κ1) is 19.2. The summed E-state index contributed by atoms with van der Waals surface area (Å²) in [4.78, 5) is 12.8. The summed E-state index contributed by atoms with van der Waals surface area (Å²) in [6, 6.07) is 14.0. The zero-order valence-electron chi connectivity index (χ0n) is 16.7. The molecule has 0 saturated carbocycles. The molecule has 0 aliphatic heterocycles. The second-order valence-corrected chi connectivity index (χ2v) is 7.06. The lowest BCUT2D eigenvalue weighted by Crippen LogP contribution is -2.22. The smallest absolute Gasteiger partial charge is 0.293 e. The number of fused-ring (bicyclic) bond motifs is 1.